The minimum Gasteiger partial charge on any atom is -0.497 e. The zero-order valence-electron chi connectivity index (χ0n) is 14.9. The van der Waals surface area contributed by atoms with Gasteiger partial charge in [0.2, 0.25) is 11.8 Å². The van der Waals surface area contributed by atoms with Crippen LogP contribution in [0.25, 0.3) is 0 Å². The fourth-order valence-corrected chi connectivity index (χ4v) is 2.17. The Kier molecular flexibility index (Phi) is 6.55. The third kappa shape index (κ3) is 5.09. The molecule has 1 heterocycles. The number of benzene rings is 1. The topological polar surface area (TPSA) is 139 Å². The summed E-state index contributed by atoms with van der Waals surface area (Å²) in [6, 6.07) is 10.1. The summed E-state index contributed by atoms with van der Waals surface area (Å²) >= 11 is 0. The SMILES string of the molecule is CCOc1nc(C(=O)NNC(=O)Cc2ccc(OC)cc2)cc(N)c1C#N. The molecular formula is C18H19N5O4. The van der Waals surface area contributed by atoms with Gasteiger partial charge in [0.05, 0.1) is 25.8 Å². The molecule has 9 nitrogen and oxygen atoms in total. The third-order valence-electron chi connectivity index (χ3n) is 3.48. The maximum absolute atomic E-state index is 12.2. The molecule has 27 heavy (non-hydrogen) atoms. The number of methoxy groups -OCH3 is 1. The molecule has 0 aliphatic rings. The summed E-state index contributed by atoms with van der Waals surface area (Å²) in [5.74, 6) is -0.452. The Morgan fingerprint density at radius 2 is 1.96 bits per heavy atom. The van der Waals surface area contributed by atoms with Gasteiger partial charge in [0.1, 0.15) is 23.1 Å². The summed E-state index contributed by atoms with van der Waals surface area (Å²) in [5.41, 5.74) is 11.1. The Morgan fingerprint density at radius 3 is 2.56 bits per heavy atom. The van der Waals surface area contributed by atoms with E-state index in [1.165, 1.54) is 6.07 Å². The van der Waals surface area contributed by atoms with Crippen molar-refractivity contribution in [3.8, 4) is 17.7 Å². The lowest BCUT2D eigenvalue weighted by atomic mass is 10.1. The standard InChI is InChI=1S/C18H19N5O4/c1-3-27-18-13(10-19)14(20)9-15(21-18)17(25)23-22-16(24)8-11-4-6-12(26-2)7-5-11/h4-7,9H,3,8H2,1-2H3,(H2,20,21)(H,22,24)(H,23,25). The van der Waals surface area contributed by atoms with Crippen LogP contribution in [-0.2, 0) is 11.2 Å². The molecule has 4 N–H and O–H groups in total. The normalized spacial score (nSPS) is 9.81. The Hall–Kier alpha value is -3.80. The average Bonchev–Trinajstić information content (AvgIpc) is 2.66. The molecule has 0 atom stereocenters. The number of nitriles is 1. The van der Waals surface area contributed by atoms with E-state index in [0.29, 0.717) is 5.75 Å². The summed E-state index contributed by atoms with van der Waals surface area (Å²) < 4.78 is 10.3. The molecule has 140 valence electrons. The van der Waals surface area contributed by atoms with Crippen LogP contribution in [0, 0.1) is 11.3 Å². The summed E-state index contributed by atoms with van der Waals surface area (Å²) in [7, 11) is 1.55. The minimum absolute atomic E-state index is 0.0327. The van der Waals surface area contributed by atoms with Crippen molar-refractivity contribution in [3.63, 3.8) is 0 Å². The Balaban J connectivity index is 2.00. The second-order valence-electron chi connectivity index (χ2n) is 5.35. The van der Waals surface area contributed by atoms with E-state index in [1.807, 2.05) is 6.07 Å². The number of carbonyl (C=O) groups is 2. The molecule has 0 radical (unpaired) electrons. The van der Waals surface area contributed by atoms with Gasteiger partial charge in [-0.2, -0.15) is 5.26 Å². The van der Waals surface area contributed by atoms with Gasteiger partial charge in [0, 0.05) is 0 Å². The molecule has 1 aromatic heterocycles. The lowest BCUT2D eigenvalue weighted by Crippen LogP contribution is -2.42. The molecule has 2 rings (SSSR count). The van der Waals surface area contributed by atoms with Crippen LogP contribution in [0.2, 0.25) is 0 Å². The second kappa shape index (κ2) is 9.05. The second-order valence-corrected chi connectivity index (χ2v) is 5.35. The van der Waals surface area contributed by atoms with Crippen LogP contribution in [-0.4, -0.2) is 30.5 Å². The number of pyridine rings is 1. The highest BCUT2D eigenvalue weighted by atomic mass is 16.5. The summed E-state index contributed by atoms with van der Waals surface area (Å²) in [6.45, 7) is 1.97. The molecule has 1 aromatic carbocycles. The van der Waals surface area contributed by atoms with Gasteiger partial charge in [0.15, 0.2) is 0 Å². The number of hydrogen-bond acceptors (Lipinski definition) is 7. The van der Waals surface area contributed by atoms with Crippen LogP contribution < -0.4 is 26.1 Å². The molecule has 9 heteroatoms. The van der Waals surface area contributed by atoms with E-state index in [1.54, 1.807) is 38.3 Å². The number of carbonyl (C=O) groups excluding carboxylic acids is 2. The minimum atomic E-state index is -0.685. The number of nitrogen functional groups attached to an aromatic ring is 1. The van der Waals surface area contributed by atoms with Gasteiger partial charge >= 0.3 is 0 Å². The van der Waals surface area contributed by atoms with E-state index < -0.39 is 11.8 Å². The molecule has 0 saturated carbocycles. The predicted octanol–water partition coefficient (Wildman–Crippen LogP) is 0.946. The largest absolute Gasteiger partial charge is 0.497 e. The van der Waals surface area contributed by atoms with Crippen LogP contribution in [0.15, 0.2) is 30.3 Å². The first-order chi connectivity index (χ1) is 13.0. The number of nitrogens with two attached hydrogens (primary N) is 1. The molecule has 0 fully saturated rings. The molecule has 0 spiro atoms. The average molecular weight is 369 g/mol. The van der Waals surface area contributed by atoms with E-state index in [-0.39, 0.29) is 35.9 Å². The summed E-state index contributed by atoms with van der Waals surface area (Å²) in [5, 5.41) is 9.09. The van der Waals surface area contributed by atoms with E-state index in [2.05, 4.69) is 15.8 Å². The van der Waals surface area contributed by atoms with E-state index in [4.69, 9.17) is 20.5 Å². The number of rotatable bonds is 6. The van der Waals surface area contributed by atoms with E-state index in [9.17, 15) is 9.59 Å². The van der Waals surface area contributed by atoms with Crippen LogP contribution in [0.5, 0.6) is 11.6 Å². The fraction of sp³-hybridized carbons (Fsp3) is 0.222. The Bertz CT molecular complexity index is 875. The number of aromatic nitrogens is 1. The predicted molar refractivity (Wildman–Crippen MR) is 96.8 cm³/mol. The van der Waals surface area contributed by atoms with Gasteiger partial charge in [-0.25, -0.2) is 4.98 Å². The monoisotopic (exact) mass is 369 g/mol. The lowest BCUT2D eigenvalue weighted by Gasteiger charge is -2.11. The molecule has 0 saturated heterocycles. The van der Waals surface area contributed by atoms with Crippen molar-refractivity contribution in [2.75, 3.05) is 19.5 Å². The molecule has 2 aromatic rings. The highest BCUT2D eigenvalue weighted by Crippen LogP contribution is 2.22. The highest BCUT2D eigenvalue weighted by Gasteiger charge is 2.16. The Morgan fingerprint density at radius 1 is 1.26 bits per heavy atom. The van der Waals surface area contributed by atoms with Crippen molar-refractivity contribution in [2.24, 2.45) is 0 Å². The van der Waals surface area contributed by atoms with Gasteiger partial charge in [-0.15, -0.1) is 0 Å². The number of amides is 2. The Labute approximate surface area is 156 Å². The van der Waals surface area contributed by atoms with Crippen LogP contribution in [0.4, 0.5) is 5.69 Å². The van der Waals surface area contributed by atoms with Crippen molar-refractivity contribution in [1.82, 2.24) is 15.8 Å². The maximum atomic E-state index is 12.2. The van der Waals surface area contributed by atoms with Crippen molar-refractivity contribution in [3.05, 3.63) is 47.2 Å². The van der Waals surface area contributed by atoms with Crippen LogP contribution in [0.3, 0.4) is 0 Å². The molecular weight excluding hydrogens is 350 g/mol. The van der Waals surface area contributed by atoms with Gasteiger partial charge in [-0.1, -0.05) is 12.1 Å². The third-order valence-corrected chi connectivity index (χ3v) is 3.48. The molecule has 0 unspecified atom stereocenters. The van der Waals surface area contributed by atoms with Crippen LogP contribution >= 0.6 is 0 Å². The van der Waals surface area contributed by atoms with Gasteiger partial charge < -0.3 is 15.2 Å². The summed E-state index contributed by atoms with van der Waals surface area (Å²) in [6.07, 6.45) is 0.0669. The van der Waals surface area contributed by atoms with Gasteiger partial charge in [-0.3, -0.25) is 20.4 Å². The molecule has 0 bridgehead atoms. The number of anilines is 1. The summed E-state index contributed by atoms with van der Waals surface area (Å²) in [4.78, 5) is 28.1. The first-order valence-corrected chi connectivity index (χ1v) is 8.04. The van der Waals surface area contributed by atoms with Crippen LogP contribution in [0.1, 0.15) is 28.5 Å². The van der Waals surface area contributed by atoms with Gasteiger partial charge in [0.25, 0.3) is 5.91 Å². The lowest BCUT2D eigenvalue weighted by molar-refractivity contribution is -0.121. The highest BCUT2D eigenvalue weighted by molar-refractivity contribution is 5.95. The quantitative estimate of drug-likeness (QED) is 0.644. The van der Waals surface area contributed by atoms with Crippen molar-refractivity contribution < 1.29 is 19.1 Å². The number of hydrazine groups is 1. The fourth-order valence-electron chi connectivity index (χ4n) is 2.17. The number of nitrogens with zero attached hydrogens (tertiary/aromatic N) is 2. The number of ether oxygens (including phenoxy) is 2. The van der Waals surface area contributed by atoms with E-state index in [0.717, 1.165) is 5.56 Å². The van der Waals surface area contributed by atoms with Crippen molar-refractivity contribution in [1.29, 1.82) is 5.26 Å². The zero-order chi connectivity index (χ0) is 19.8. The van der Waals surface area contributed by atoms with Crippen molar-refractivity contribution in [2.45, 2.75) is 13.3 Å². The molecule has 2 amide bonds. The smallest absolute Gasteiger partial charge is 0.288 e. The first kappa shape index (κ1) is 19.5. The first-order valence-electron chi connectivity index (χ1n) is 8.04. The molecule has 0 aliphatic heterocycles. The maximum Gasteiger partial charge on any atom is 0.288 e. The van der Waals surface area contributed by atoms with E-state index >= 15 is 0 Å². The molecule has 0 aliphatic carbocycles. The number of hydrogen-bond donors (Lipinski definition) is 3. The van der Waals surface area contributed by atoms with Gasteiger partial charge in [-0.05, 0) is 30.7 Å². The zero-order valence-corrected chi connectivity index (χ0v) is 14.9. The van der Waals surface area contributed by atoms with Crippen molar-refractivity contribution >= 4 is 17.5 Å². The number of nitrogens with one attached hydrogen (secondary N) is 2.